The summed E-state index contributed by atoms with van der Waals surface area (Å²) in [5.74, 6) is 5.87. The number of anilines is 2. The molecule has 3 N–H and O–H groups in total. The molecule has 0 amide bonds. The summed E-state index contributed by atoms with van der Waals surface area (Å²) >= 11 is 0. The third kappa shape index (κ3) is 3.76. The van der Waals surface area contributed by atoms with Gasteiger partial charge in [-0.1, -0.05) is 0 Å². The topological polar surface area (TPSA) is 98.3 Å². The van der Waals surface area contributed by atoms with Gasteiger partial charge in [-0.2, -0.15) is 5.10 Å². The van der Waals surface area contributed by atoms with Crippen molar-refractivity contribution in [2.45, 2.75) is 39.8 Å². The SMILES string of the molecule is CCOC(=O)c1nn(C(C)C)c2c1CN(c1ccc(NN)cn1)CC2.Cl. The van der Waals surface area contributed by atoms with Crippen molar-refractivity contribution in [1.82, 2.24) is 14.8 Å². The maximum Gasteiger partial charge on any atom is 0.359 e. The zero-order valence-electron chi connectivity index (χ0n) is 15.2. The number of nitrogen functional groups attached to an aromatic ring is 1. The molecule has 0 saturated carbocycles. The minimum atomic E-state index is -0.365. The number of pyridine rings is 1. The third-order valence-electron chi connectivity index (χ3n) is 4.28. The van der Waals surface area contributed by atoms with Crippen LogP contribution in [0, 0.1) is 0 Å². The van der Waals surface area contributed by atoms with E-state index in [1.165, 1.54) is 0 Å². The van der Waals surface area contributed by atoms with Gasteiger partial charge in [-0.25, -0.2) is 9.78 Å². The van der Waals surface area contributed by atoms with Gasteiger partial charge in [-0.05, 0) is 32.9 Å². The highest BCUT2D eigenvalue weighted by Crippen LogP contribution is 2.28. The van der Waals surface area contributed by atoms with Crippen molar-refractivity contribution < 1.29 is 9.53 Å². The Kier molecular flexibility index (Phi) is 6.44. The van der Waals surface area contributed by atoms with Gasteiger partial charge in [0, 0.05) is 36.8 Å². The Morgan fingerprint density at radius 3 is 2.77 bits per heavy atom. The Hall–Kier alpha value is -2.32. The molecule has 0 fully saturated rings. The largest absolute Gasteiger partial charge is 0.461 e. The molecule has 9 heteroatoms. The first kappa shape index (κ1) is 20.0. The van der Waals surface area contributed by atoms with Crippen molar-refractivity contribution in [3.05, 3.63) is 35.3 Å². The Bertz CT molecular complexity index is 759. The normalized spacial score (nSPS) is 13.2. The summed E-state index contributed by atoms with van der Waals surface area (Å²) in [6.07, 6.45) is 2.49. The smallest absolute Gasteiger partial charge is 0.359 e. The molecule has 1 aliphatic heterocycles. The van der Waals surface area contributed by atoms with Crippen LogP contribution in [0.2, 0.25) is 0 Å². The lowest BCUT2D eigenvalue weighted by atomic mass is 10.0. The first-order valence-electron chi connectivity index (χ1n) is 8.50. The highest BCUT2D eigenvalue weighted by Gasteiger charge is 2.30. The monoisotopic (exact) mass is 380 g/mol. The number of hydrazine groups is 1. The lowest BCUT2D eigenvalue weighted by Crippen LogP contribution is -2.32. The van der Waals surface area contributed by atoms with Gasteiger partial charge in [-0.15, -0.1) is 12.4 Å². The molecule has 0 aromatic carbocycles. The van der Waals surface area contributed by atoms with E-state index in [1.54, 1.807) is 13.1 Å². The molecular formula is C17H25ClN6O2. The van der Waals surface area contributed by atoms with Gasteiger partial charge in [-0.3, -0.25) is 10.5 Å². The van der Waals surface area contributed by atoms with Crippen LogP contribution in [0.15, 0.2) is 18.3 Å². The summed E-state index contributed by atoms with van der Waals surface area (Å²) < 4.78 is 7.13. The summed E-state index contributed by atoms with van der Waals surface area (Å²) in [5.41, 5.74) is 5.77. The number of hydrogen-bond donors (Lipinski definition) is 2. The molecule has 8 nitrogen and oxygen atoms in total. The summed E-state index contributed by atoms with van der Waals surface area (Å²) in [7, 11) is 0. The van der Waals surface area contributed by atoms with Gasteiger partial charge < -0.3 is 15.1 Å². The molecule has 26 heavy (non-hydrogen) atoms. The number of hydrogen-bond acceptors (Lipinski definition) is 7. The molecule has 0 radical (unpaired) electrons. The predicted octanol–water partition coefficient (Wildman–Crippen LogP) is 2.31. The highest BCUT2D eigenvalue weighted by atomic mass is 35.5. The lowest BCUT2D eigenvalue weighted by Gasteiger charge is -2.29. The number of nitrogens with two attached hydrogens (primary N) is 1. The van der Waals surface area contributed by atoms with Crippen LogP contribution in [0.3, 0.4) is 0 Å². The van der Waals surface area contributed by atoms with Gasteiger partial charge in [0.2, 0.25) is 0 Å². The van der Waals surface area contributed by atoms with E-state index < -0.39 is 0 Å². The van der Waals surface area contributed by atoms with Crippen LogP contribution in [0.4, 0.5) is 11.5 Å². The zero-order valence-corrected chi connectivity index (χ0v) is 16.0. The molecule has 0 aliphatic carbocycles. The van der Waals surface area contributed by atoms with Gasteiger partial charge in [0.15, 0.2) is 5.69 Å². The molecular weight excluding hydrogens is 356 g/mol. The molecule has 0 spiro atoms. The van der Waals surface area contributed by atoms with Crippen LogP contribution in [-0.4, -0.2) is 33.9 Å². The number of carbonyl (C=O) groups is 1. The predicted molar refractivity (Wildman–Crippen MR) is 103 cm³/mol. The van der Waals surface area contributed by atoms with Crippen molar-refractivity contribution in [2.75, 3.05) is 23.5 Å². The minimum Gasteiger partial charge on any atom is -0.461 e. The van der Waals surface area contributed by atoms with Crippen LogP contribution in [0.5, 0.6) is 0 Å². The molecule has 1 aliphatic rings. The van der Waals surface area contributed by atoms with E-state index in [1.807, 2.05) is 16.8 Å². The van der Waals surface area contributed by atoms with Crippen molar-refractivity contribution in [2.24, 2.45) is 5.84 Å². The van der Waals surface area contributed by atoms with Crippen LogP contribution >= 0.6 is 12.4 Å². The van der Waals surface area contributed by atoms with E-state index in [0.717, 1.165) is 35.7 Å². The summed E-state index contributed by atoms with van der Waals surface area (Å²) in [4.78, 5) is 18.9. The van der Waals surface area contributed by atoms with Crippen molar-refractivity contribution in [3.63, 3.8) is 0 Å². The second-order valence-electron chi connectivity index (χ2n) is 6.25. The fourth-order valence-corrected chi connectivity index (χ4v) is 3.09. The van der Waals surface area contributed by atoms with E-state index in [-0.39, 0.29) is 24.4 Å². The number of nitrogens with zero attached hydrogens (tertiary/aromatic N) is 4. The standard InChI is InChI=1S/C17H24N6O2.ClH/c1-4-25-17(24)16-13-10-22(15-6-5-12(20-18)9-19-15)8-7-14(13)23(21-16)11(2)3;/h5-6,9,11,20H,4,7-8,10,18H2,1-3H3;1H. The third-order valence-corrected chi connectivity index (χ3v) is 4.28. The van der Waals surface area contributed by atoms with Gasteiger partial charge in [0.05, 0.1) is 18.5 Å². The summed E-state index contributed by atoms with van der Waals surface area (Å²) in [6.45, 7) is 7.66. The summed E-state index contributed by atoms with van der Waals surface area (Å²) in [6, 6.07) is 3.98. The Labute approximate surface area is 159 Å². The van der Waals surface area contributed by atoms with E-state index >= 15 is 0 Å². The van der Waals surface area contributed by atoms with Crippen LogP contribution in [0.25, 0.3) is 0 Å². The maximum absolute atomic E-state index is 12.3. The number of fused-ring (bicyclic) bond motifs is 1. The van der Waals surface area contributed by atoms with Gasteiger partial charge in [0.25, 0.3) is 0 Å². The van der Waals surface area contributed by atoms with Crippen LogP contribution in [0.1, 0.15) is 48.6 Å². The minimum absolute atomic E-state index is 0. The van der Waals surface area contributed by atoms with E-state index in [0.29, 0.717) is 18.8 Å². The van der Waals surface area contributed by atoms with E-state index in [9.17, 15) is 4.79 Å². The average Bonchev–Trinajstić information content (AvgIpc) is 3.01. The van der Waals surface area contributed by atoms with Crippen molar-refractivity contribution >= 4 is 29.9 Å². The van der Waals surface area contributed by atoms with Gasteiger partial charge >= 0.3 is 5.97 Å². The van der Waals surface area contributed by atoms with Crippen LogP contribution < -0.4 is 16.2 Å². The fourth-order valence-electron chi connectivity index (χ4n) is 3.09. The number of halogens is 1. The fraction of sp³-hybridized carbons (Fsp3) is 0.471. The first-order valence-corrected chi connectivity index (χ1v) is 8.50. The number of nitrogens with one attached hydrogen (secondary N) is 1. The molecule has 0 bridgehead atoms. The zero-order chi connectivity index (χ0) is 18.0. The quantitative estimate of drug-likeness (QED) is 0.466. The number of carbonyl (C=O) groups excluding carboxylic acids is 1. The molecule has 0 atom stereocenters. The molecule has 142 valence electrons. The number of ether oxygens (including phenoxy) is 1. The number of rotatable bonds is 5. The summed E-state index contributed by atoms with van der Waals surface area (Å²) in [5, 5.41) is 4.53. The highest BCUT2D eigenvalue weighted by molar-refractivity contribution is 5.89. The second kappa shape index (κ2) is 8.37. The molecule has 0 saturated heterocycles. The number of aromatic nitrogens is 3. The van der Waals surface area contributed by atoms with Crippen LogP contribution in [-0.2, 0) is 17.7 Å². The second-order valence-corrected chi connectivity index (χ2v) is 6.25. The average molecular weight is 381 g/mol. The maximum atomic E-state index is 12.3. The lowest BCUT2D eigenvalue weighted by molar-refractivity contribution is 0.0517. The first-order chi connectivity index (χ1) is 12.0. The Morgan fingerprint density at radius 2 is 2.19 bits per heavy atom. The molecule has 3 heterocycles. The number of esters is 1. The van der Waals surface area contributed by atoms with Crippen molar-refractivity contribution in [1.29, 1.82) is 0 Å². The molecule has 3 rings (SSSR count). The van der Waals surface area contributed by atoms with E-state index in [2.05, 4.69) is 34.3 Å². The molecule has 2 aromatic rings. The van der Waals surface area contributed by atoms with Crippen molar-refractivity contribution in [3.8, 4) is 0 Å². The van der Waals surface area contributed by atoms with E-state index in [4.69, 9.17) is 10.6 Å². The molecule has 2 aromatic heterocycles. The Morgan fingerprint density at radius 1 is 1.42 bits per heavy atom. The van der Waals surface area contributed by atoms with Gasteiger partial charge in [0.1, 0.15) is 5.82 Å². The Balaban J connectivity index is 0.00000243. The molecule has 0 unspecified atom stereocenters.